The number of nitrogens with two attached hydrogens (primary N) is 1. The van der Waals surface area contributed by atoms with Crippen LogP contribution in [0.15, 0.2) is 29.3 Å². The normalized spacial score (nSPS) is 13.1. The highest BCUT2D eigenvalue weighted by Gasteiger charge is 2.09. The van der Waals surface area contributed by atoms with Gasteiger partial charge in [-0.25, -0.2) is 4.99 Å². The Kier molecular flexibility index (Phi) is 7.55. The van der Waals surface area contributed by atoms with Crippen LogP contribution in [0.25, 0.3) is 0 Å². The fourth-order valence-corrected chi connectivity index (χ4v) is 1.77. The third kappa shape index (κ3) is 5.95. The molecule has 4 heteroatoms. The van der Waals surface area contributed by atoms with Gasteiger partial charge in [-0.05, 0) is 31.4 Å². The first-order valence-corrected chi connectivity index (χ1v) is 7.43. The lowest BCUT2D eigenvalue weighted by atomic mass is 10.2. The highest BCUT2D eigenvalue weighted by molar-refractivity contribution is 5.77. The average Bonchev–Trinajstić information content (AvgIpc) is 2.45. The van der Waals surface area contributed by atoms with Gasteiger partial charge in [0.05, 0.1) is 6.54 Å². The summed E-state index contributed by atoms with van der Waals surface area (Å²) >= 11 is 0. The molecule has 0 radical (unpaired) electrons. The molecular formula is C16H27N3O. The number of hydrogen-bond donors (Lipinski definition) is 2. The lowest BCUT2D eigenvalue weighted by Gasteiger charge is -2.17. The van der Waals surface area contributed by atoms with Crippen molar-refractivity contribution in [2.24, 2.45) is 10.7 Å². The minimum atomic E-state index is 0.0580. The fourth-order valence-electron chi connectivity index (χ4n) is 1.77. The Morgan fingerprint density at radius 2 is 2.10 bits per heavy atom. The van der Waals surface area contributed by atoms with Crippen molar-refractivity contribution in [2.45, 2.75) is 46.1 Å². The number of ether oxygens (including phenoxy) is 1. The van der Waals surface area contributed by atoms with E-state index in [9.17, 15) is 0 Å². The van der Waals surface area contributed by atoms with Crippen LogP contribution in [0.1, 0.15) is 38.7 Å². The fraction of sp³-hybridized carbons (Fsp3) is 0.562. The number of benzene rings is 1. The average molecular weight is 277 g/mol. The molecule has 0 aliphatic carbocycles. The quantitative estimate of drug-likeness (QED) is 0.436. The topological polar surface area (TPSA) is 59.6 Å². The Hall–Kier alpha value is -1.71. The van der Waals surface area contributed by atoms with Crippen molar-refractivity contribution < 1.29 is 4.74 Å². The van der Waals surface area contributed by atoms with Gasteiger partial charge in [0, 0.05) is 6.54 Å². The summed E-state index contributed by atoms with van der Waals surface area (Å²) in [5, 5.41) is 3.11. The Balaban J connectivity index is 2.47. The summed E-state index contributed by atoms with van der Waals surface area (Å²) in [6.07, 6.45) is 3.21. The monoisotopic (exact) mass is 277 g/mol. The van der Waals surface area contributed by atoms with Gasteiger partial charge >= 0.3 is 0 Å². The Bertz CT molecular complexity index is 418. The van der Waals surface area contributed by atoms with E-state index in [1.165, 1.54) is 0 Å². The van der Waals surface area contributed by atoms with Crippen molar-refractivity contribution in [1.29, 1.82) is 0 Å². The summed E-state index contributed by atoms with van der Waals surface area (Å²) in [5.41, 5.74) is 6.97. The Morgan fingerprint density at radius 1 is 1.35 bits per heavy atom. The summed E-state index contributed by atoms with van der Waals surface area (Å²) in [6.45, 7) is 7.75. The molecule has 1 unspecified atom stereocenters. The smallest absolute Gasteiger partial charge is 0.188 e. The number of para-hydroxylation sites is 1. The molecule has 0 heterocycles. The maximum absolute atomic E-state index is 5.98. The molecule has 112 valence electrons. The van der Waals surface area contributed by atoms with Crippen molar-refractivity contribution in [3.8, 4) is 5.75 Å². The van der Waals surface area contributed by atoms with Gasteiger partial charge in [-0.2, -0.15) is 0 Å². The molecule has 0 fully saturated rings. The van der Waals surface area contributed by atoms with Gasteiger partial charge in [0.25, 0.3) is 0 Å². The zero-order valence-corrected chi connectivity index (χ0v) is 12.9. The summed E-state index contributed by atoms with van der Waals surface area (Å²) in [5.74, 6) is 1.43. The SMILES string of the molecule is CCCCNC(N)=NCC(CC)Oc1ccccc1C. The molecule has 0 saturated carbocycles. The molecule has 3 N–H and O–H groups in total. The van der Waals surface area contributed by atoms with Gasteiger partial charge in [-0.3, -0.25) is 0 Å². The number of aliphatic imine (C=N–C) groups is 1. The van der Waals surface area contributed by atoms with Gasteiger partial charge < -0.3 is 15.8 Å². The van der Waals surface area contributed by atoms with Crippen LogP contribution >= 0.6 is 0 Å². The van der Waals surface area contributed by atoms with Crippen LogP contribution in [0.2, 0.25) is 0 Å². The molecule has 1 aromatic rings. The van der Waals surface area contributed by atoms with E-state index in [-0.39, 0.29) is 6.10 Å². The molecule has 0 amide bonds. The molecule has 4 nitrogen and oxygen atoms in total. The van der Waals surface area contributed by atoms with Crippen LogP contribution in [0.3, 0.4) is 0 Å². The lowest BCUT2D eigenvalue weighted by molar-refractivity contribution is 0.204. The molecule has 0 saturated heterocycles. The molecule has 0 aromatic heterocycles. The van der Waals surface area contributed by atoms with Crippen LogP contribution in [-0.2, 0) is 0 Å². The van der Waals surface area contributed by atoms with Crippen LogP contribution in [0.5, 0.6) is 5.75 Å². The first-order chi connectivity index (χ1) is 9.67. The molecule has 0 aliphatic rings. The zero-order chi connectivity index (χ0) is 14.8. The number of aryl methyl sites for hydroxylation is 1. The van der Waals surface area contributed by atoms with Crippen LogP contribution in [-0.4, -0.2) is 25.2 Å². The molecular weight excluding hydrogens is 250 g/mol. The molecule has 0 spiro atoms. The van der Waals surface area contributed by atoms with E-state index < -0.39 is 0 Å². The Labute approximate surface area is 122 Å². The third-order valence-corrected chi connectivity index (χ3v) is 3.14. The van der Waals surface area contributed by atoms with E-state index in [4.69, 9.17) is 10.5 Å². The molecule has 1 rings (SSSR count). The highest BCUT2D eigenvalue weighted by atomic mass is 16.5. The van der Waals surface area contributed by atoms with Crippen molar-refractivity contribution in [3.05, 3.63) is 29.8 Å². The molecule has 20 heavy (non-hydrogen) atoms. The van der Waals surface area contributed by atoms with Crippen molar-refractivity contribution in [2.75, 3.05) is 13.1 Å². The Morgan fingerprint density at radius 3 is 2.75 bits per heavy atom. The third-order valence-electron chi connectivity index (χ3n) is 3.14. The largest absolute Gasteiger partial charge is 0.488 e. The molecule has 0 aliphatic heterocycles. The predicted octanol–water partition coefficient (Wildman–Crippen LogP) is 2.86. The van der Waals surface area contributed by atoms with Gasteiger partial charge in [0.1, 0.15) is 11.9 Å². The number of rotatable bonds is 8. The maximum Gasteiger partial charge on any atom is 0.188 e. The van der Waals surface area contributed by atoms with E-state index in [0.717, 1.165) is 37.1 Å². The van der Waals surface area contributed by atoms with Gasteiger partial charge in [-0.1, -0.05) is 38.5 Å². The highest BCUT2D eigenvalue weighted by Crippen LogP contribution is 2.18. The second-order valence-corrected chi connectivity index (χ2v) is 4.92. The number of nitrogens with one attached hydrogen (secondary N) is 1. The lowest BCUT2D eigenvalue weighted by Crippen LogP contribution is -2.33. The van der Waals surface area contributed by atoms with E-state index in [1.807, 2.05) is 31.2 Å². The summed E-state index contributed by atoms with van der Waals surface area (Å²) < 4.78 is 5.98. The zero-order valence-electron chi connectivity index (χ0n) is 12.9. The number of unbranched alkanes of at least 4 members (excludes halogenated alkanes) is 1. The molecule has 1 aromatic carbocycles. The number of guanidine groups is 1. The van der Waals surface area contributed by atoms with E-state index in [1.54, 1.807) is 0 Å². The van der Waals surface area contributed by atoms with Crippen LogP contribution in [0.4, 0.5) is 0 Å². The maximum atomic E-state index is 5.98. The first-order valence-electron chi connectivity index (χ1n) is 7.43. The van der Waals surface area contributed by atoms with Crippen LogP contribution in [0, 0.1) is 6.92 Å². The van der Waals surface area contributed by atoms with Gasteiger partial charge in [0.2, 0.25) is 0 Å². The minimum Gasteiger partial charge on any atom is -0.488 e. The summed E-state index contributed by atoms with van der Waals surface area (Å²) in [4.78, 5) is 4.35. The standard InChI is InChI=1S/C16H27N3O/c1-4-6-11-18-16(17)19-12-14(5-2)20-15-10-8-7-9-13(15)3/h7-10,14H,4-6,11-12H2,1-3H3,(H3,17,18,19). The number of hydrogen-bond acceptors (Lipinski definition) is 2. The second-order valence-electron chi connectivity index (χ2n) is 4.92. The van der Waals surface area contributed by atoms with E-state index in [2.05, 4.69) is 24.2 Å². The molecule has 1 atom stereocenters. The summed E-state index contributed by atoms with van der Waals surface area (Å²) in [7, 11) is 0. The first kappa shape index (κ1) is 16.3. The number of nitrogens with zero attached hydrogens (tertiary/aromatic N) is 1. The van der Waals surface area contributed by atoms with Gasteiger partial charge in [0.15, 0.2) is 5.96 Å². The van der Waals surface area contributed by atoms with Crippen molar-refractivity contribution in [3.63, 3.8) is 0 Å². The van der Waals surface area contributed by atoms with Crippen molar-refractivity contribution in [1.82, 2.24) is 5.32 Å². The van der Waals surface area contributed by atoms with E-state index >= 15 is 0 Å². The minimum absolute atomic E-state index is 0.0580. The van der Waals surface area contributed by atoms with Crippen molar-refractivity contribution >= 4 is 5.96 Å². The molecule has 0 bridgehead atoms. The van der Waals surface area contributed by atoms with E-state index in [0.29, 0.717) is 12.5 Å². The summed E-state index contributed by atoms with van der Waals surface area (Å²) in [6, 6.07) is 8.03. The van der Waals surface area contributed by atoms with Gasteiger partial charge in [-0.15, -0.1) is 0 Å². The second kappa shape index (κ2) is 9.23. The predicted molar refractivity (Wildman–Crippen MR) is 85.3 cm³/mol. The van der Waals surface area contributed by atoms with Crippen LogP contribution < -0.4 is 15.8 Å².